The highest BCUT2D eigenvalue weighted by atomic mass is 16.2. The van der Waals surface area contributed by atoms with Crippen molar-refractivity contribution < 1.29 is 4.79 Å². The van der Waals surface area contributed by atoms with E-state index in [1.165, 1.54) is 16.8 Å². The summed E-state index contributed by atoms with van der Waals surface area (Å²) < 4.78 is 0. The molecule has 4 rings (SSSR count). The van der Waals surface area contributed by atoms with E-state index in [-0.39, 0.29) is 11.3 Å². The van der Waals surface area contributed by atoms with Crippen LogP contribution in [0.2, 0.25) is 0 Å². The number of piperazine rings is 1. The molecule has 1 amide bonds. The maximum absolute atomic E-state index is 12.6. The third-order valence-corrected chi connectivity index (χ3v) is 6.61. The van der Waals surface area contributed by atoms with E-state index >= 15 is 0 Å². The fraction of sp³-hybridized carbons (Fsp3) is 0.333. The number of nitrogens with one attached hydrogen (secondary N) is 1. The predicted octanol–water partition coefficient (Wildman–Crippen LogP) is 5.46. The van der Waals surface area contributed by atoms with Gasteiger partial charge in [-0.25, -0.2) is 5.43 Å². The molecule has 1 aliphatic rings. The highest BCUT2D eigenvalue weighted by molar-refractivity contribution is 6.00. The maximum atomic E-state index is 12.6. The van der Waals surface area contributed by atoms with Crippen LogP contribution in [0.25, 0.3) is 0 Å². The molecule has 3 aromatic rings. The summed E-state index contributed by atoms with van der Waals surface area (Å²) in [5.41, 5.74) is 8.99. The SMILES string of the molecule is C/C(=N/NC(=O)c1ccc(CN2CCN(c3ccccc3)CC2)cc1)c1ccc(C(C)(C)C)cc1. The lowest BCUT2D eigenvalue weighted by molar-refractivity contribution is 0.0955. The summed E-state index contributed by atoms with van der Waals surface area (Å²) in [6, 6.07) is 26.8. The van der Waals surface area contributed by atoms with E-state index in [9.17, 15) is 4.79 Å². The molecule has 0 radical (unpaired) electrons. The van der Waals surface area contributed by atoms with Gasteiger partial charge >= 0.3 is 0 Å². The number of benzene rings is 3. The van der Waals surface area contributed by atoms with E-state index in [0.29, 0.717) is 5.56 Å². The van der Waals surface area contributed by atoms with Gasteiger partial charge in [-0.15, -0.1) is 0 Å². The van der Waals surface area contributed by atoms with Gasteiger partial charge in [0.2, 0.25) is 0 Å². The number of para-hydroxylation sites is 1. The van der Waals surface area contributed by atoms with Gasteiger partial charge < -0.3 is 4.90 Å². The Kier molecular flexibility index (Phi) is 7.67. The summed E-state index contributed by atoms with van der Waals surface area (Å²) in [7, 11) is 0. The van der Waals surface area contributed by atoms with Crippen LogP contribution in [0.15, 0.2) is 84.0 Å². The number of hydrogen-bond acceptors (Lipinski definition) is 4. The van der Waals surface area contributed by atoms with Crippen molar-refractivity contribution in [2.24, 2.45) is 5.10 Å². The zero-order chi connectivity index (χ0) is 24.8. The Hall–Kier alpha value is -3.44. The first-order valence-corrected chi connectivity index (χ1v) is 12.4. The lowest BCUT2D eigenvalue weighted by Gasteiger charge is -2.36. The van der Waals surface area contributed by atoms with Crippen molar-refractivity contribution in [2.75, 3.05) is 31.1 Å². The van der Waals surface area contributed by atoms with Gasteiger partial charge in [0.25, 0.3) is 5.91 Å². The molecule has 1 heterocycles. The summed E-state index contributed by atoms with van der Waals surface area (Å²) in [4.78, 5) is 17.5. The molecule has 5 heteroatoms. The number of anilines is 1. The summed E-state index contributed by atoms with van der Waals surface area (Å²) in [5, 5.41) is 4.31. The maximum Gasteiger partial charge on any atom is 0.271 e. The molecule has 1 aliphatic heterocycles. The van der Waals surface area contributed by atoms with Crippen LogP contribution in [0, 0.1) is 0 Å². The zero-order valence-electron chi connectivity index (χ0n) is 21.3. The average Bonchev–Trinajstić information content (AvgIpc) is 2.88. The van der Waals surface area contributed by atoms with Crippen molar-refractivity contribution >= 4 is 17.3 Å². The number of carbonyl (C=O) groups excluding carboxylic acids is 1. The Balaban J connectivity index is 1.28. The van der Waals surface area contributed by atoms with Gasteiger partial charge in [-0.2, -0.15) is 5.10 Å². The van der Waals surface area contributed by atoms with E-state index in [1.807, 2.05) is 31.2 Å². The highest BCUT2D eigenvalue weighted by Crippen LogP contribution is 2.22. The van der Waals surface area contributed by atoms with Gasteiger partial charge in [0, 0.05) is 44.0 Å². The summed E-state index contributed by atoms with van der Waals surface area (Å²) >= 11 is 0. The van der Waals surface area contributed by atoms with Crippen LogP contribution in [0.5, 0.6) is 0 Å². The smallest absolute Gasteiger partial charge is 0.271 e. The Labute approximate surface area is 209 Å². The minimum absolute atomic E-state index is 0.112. The second-order valence-corrected chi connectivity index (χ2v) is 10.3. The largest absolute Gasteiger partial charge is 0.369 e. The van der Waals surface area contributed by atoms with Gasteiger partial charge in [0.05, 0.1) is 5.71 Å². The summed E-state index contributed by atoms with van der Waals surface area (Å²) in [5.74, 6) is -0.196. The first-order chi connectivity index (χ1) is 16.8. The Morgan fingerprint density at radius 3 is 2.03 bits per heavy atom. The number of nitrogens with zero attached hydrogens (tertiary/aromatic N) is 3. The molecule has 0 saturated carbocycles. The minimum Gasteiger partial charge on any atom is -0.369 e. The van der Waals surface area contributed by atoms with Gasteiger partial charge in [-0.1, -0.05) is 75.4 Å². The van der Waals surface area contributed by atoms with Gasteiger partial charge in [-0.05, 0) is 53.3 Å². The quantitative estimate of drug-likeness (QED) is 0.386. The van der Waals surface area contributed by atoms with E-state index in [1.54, 1.807) is 0 Å². The van der Waals surface area contributed by atoms with Crippen LogP contribution in [0.3, 0.4) is 0 Å². The molecule has 1 N–H and O–H groups in total. The van der Waals surface area contributed by atoms with E-state index < -0.39 is 0 Å². The molecule has 182 valence electrons. The van der Waals surface area contributed by atoms with Gasteiger partial charge in [0.1, 0.15) is 0 Å². The first-order valence-electron chi connectivity index (χ1n) is 12.4. The van der Waals surface area contributed by atoms with Crippen LogP contribution in [-0.2, 0) is 12.0 Å². The van der Waals surface area contributed by atoms with Crippen molar-refractivity contribution in [1.82, 2.24) is 10.3 Å². The molecule has 0 spiro atoms. The third kappa shape index (κ3) is 6.58. The van der Waals surface area contributed by atoms with E-state index in [2.05, 4.69) is 95.7 Å². The van der Waals surface area contributed by atoms with Crippen molar-refractivity contribution in [1.29, 1.82) is 0 Å². The van der Waals surface area contributed by atoms with E-state index in [0.717, 1.165) is 44.0 Å². The highest BCUT2D eigenvalue weighted by Gasteiger charge is 2.17. The van der Waals surface area contributed by atoms with Crippen LogP contribution >= 0.6 is 0 Å². The molecule has 1 fully saturated rings. The lowest BCUT2D eigenvalue weighted by Crippen LogP contribution is -2.45. The van der Waals surface area contributed by atoms with Gasteiger partial charge in [0.15, 0.2) is 0 Å². The standard InChI is InChI=1S/C30H36N4O/c1-23(25-14-16-27(17-15-25)30(2,3)4)31-32-29(35)26-12-10-24(11-13-26)22-33-18-20-34(21-19-33)28-8-6-5-7-9-28/h5-17H,18-22H2,1-4H3,(H,32,35)/b31-23-. The summed E-state index contributed by atoms with van der Waals surface area (Å²) in [6.07, 6.45) is 0. The number of carbonyl (C=O) groups is 1. The first kappa shape index (κ1) is 24.7. The third-order valence-electron chi connectivity index (χ3n) is 6.61. The second kappa shape index (κ2) is 10.9. The molecular weight excluding hydrogens is 432 g/mol. The normalized spacial score (nSPS) is 15.2. The molecule has 3 aromatic carbocycles. The second-order valence-electron chi connectivity index (χ2n) is 10.3. The van der Waals surface area contributed by atoms with Crippen LogP contribution in [0.4, 0.5) is 5.69 Å². The van der Waals surface area contributed by atoms with Crippen LogP contribution in [0.1, 0.15) is 54.7 Å². The number of amides is 1. The summed E-state index contributed by atoms with van der Waals surface area (Å²) in [6.45, 7) is 13.5. The number of rotatable bonds is 6. The molecule has 0 aromatic heterocycles. The van der Waals surface area contributed by atoms with Gasteiger partial charge in [-0.3, -0.25) is 9.69 Å². The number of hydrogen-bond donors (Lipinski definition) is 1. The monoisotopic (exact) mass is 468 g/mol. The molecular formula is C30H36N4O. The predicted molar refractivity (Wildman–Crippen MR) is 145 cm³/mol. The Morgan fingerprint density at radius 2 is 1.43 bits per heavy atom. The Bertz CT molecular complexity index is 1140. The van der Waals surface area contributed by atoms with Crippen molar-refractivity contribution in [3.05, 3.63) is 101 Å². The van der Waals surface area contributed by atoms with Crippen molar-refractivity contribution in [2.45, 2.75) is 39.7 Å². The molecule has 5 nitrogen and oxygen atoms in total. The molecule has 0 aliphatic carbocycles. The Morgan fingerprint density at radius 1 is 0.829 bits per heavy atom. The fourth-order valence-electron chi connectivity index (χ4n) is 4.30. The fourth-order valence-corrected chi connectivity index (χ4v) is 4.30. The topological polar surface area (TPSA) is 47.9 Å². The zero-order valence-corrected chi connectivity index (χ0v) is 21.3. The van der Waals surface area contributed by atoms with E-state index in [4.69, 9.17) is 0 Å². The molecule has 1 saturated heterocycles. The molecule has 0 unspecified atom stereocenters. The average molecular weight is 469 g/mol. The van der Waals surface area contributed by atoms with Crippen molar-refractivity contribution in [3.63, 3.8) is 0 Å². The molecule has 0 atom stereocenters. The molecule has 35 heavy (non-hydrogen) atoms. The van der Waals surface area contributed by atoms with Crippen LogP contribution in [-0.4, -0.2) is 42.7 Å². The molecule has 0 bridgehead atoms. The lowest BCUT2D eigenvalue weighted by atomic mass is 9.86. The number of hydrazone groups is 1. The minimum atomic E-state index is -0.196. The van der Waals surface area contributed by atoms with Crippen LogP contribution < -0.4 is 10.3 Å². The van der Waals surface area contributed by atoms with Crippen molar-refractivity contribution in [3.8, 4) is 0 Å².